The number of anilines is 1. The first-order valence-electron chi connectivity index (χ1n) is 10.7. The maximum atomic E-state index is 12.8. The van der Waals surface area contributed by atoms with Crippen molar-refractivity contribution in [1.82, 2.24) is 24.9 Å². The number of nitrogens with zero attached hydrogens (tertiary/aromatic N) is 6. The number of nitrogens with one attached hydrogen (secondary N) is 1. The maximum absolute atomic E-state index is 12.8. The summed E-state index contributed by atoms with van der Waals surface area (Å²) in [5.41, 5.74) is 2.17. The van der Waals surface area contributed by atoms with Crippen LogP contribution in [0.5, 0.6) is 0 Å². The smallest absolute Gasteiger partial charge is 0.246 e. The number of rotatable bonds is 5. The van der Waals surface area contributed by atoms with Gasteiger partial charge in [0.2, 0.25) is 5.91 Å². The molecule has 2 aliphatic rings. The third-order valence-corrected chi connectivity index (χ3v) is 5.95. The minimum absolute atomic E-state index is 0. The molecule has 1 amide bonds. The molecule has 0 radical (unpaired) electrons. The van der Waals surface area contributed by atoms with Gasteiger partial charge in [-0.25, -0.2) is 0 Å². The minimum atomic E-state index is 0. The lowest BCUT2D eigenvalue weighted by atomic mass is 10.1. The van der Waals surface area contributed by atoms with E-state index < -0.39 is 0 Å². The first kappa shape index (κ1) is 23.5. The van der Waals surface area contributed by atoms with Gasteiger partial charge in [-0.2, -0.15) is 5.10 Å². The summed E-state index contributed by atoms with van der Waals surface area (Å²) in [4.78, 5) is 23.6. The Labute approximate surface area is 201 Å². The van der Waals surface area contributed by atoms with Crippen molar-refractivity contribution < 1.29 is 4.79 Å². The third-order valence-electron chi connectivity index (χ3n) is 5.95. The number of aryl methyl sites for hydroxylation is 1. The van der Waals surface area contributed by atoms with Crippen LogP contribution in [0.4, 0.5) is 5.69 Å². The van der Waals surface area contributed by atoms with Crippen LogP contribution in [0.3, 0.4) is 0 Å². The largest absolute Gasteiger partial charge is 0.354 e. The van der Waals surface area contributed by atoms with Gasteiger partial charge in [0.25, 0.3) is 0 Å². The molecule has 0 aliphatic carbocycles. The fourth-order valence-corrected chi connectivity index (χ4v) is 4.38. The Bertz CT molecular complexity index is 879. The summed E-state index contributed by atoms with van der Waals surface area (Å²) in [6, 6.07) is 11.0. The number of carbonyl (C=O) groups is 1. The van der Waals surface area contributed by atoms with E-state index in [0.29, 0.717) is 19.1 Å². The van der Waals surface area contributed by atoms with Crippen LogP contribution in [0, 0.1) is 0 Å². The highest BCUT2D eigenvalue weighted by atomic mass is 127. The first-order chi connectivity index (χ1) is 14.7. The molecule has 2 aromatic rings. The van der Waals surface area contributed by atoms with Crippen LogP contribution in [0.1, 0.15) is 24.4 Å². The summed E-state index contributed by atoms with van der Waals surface area (Å²) < 4.78 is 1.72. The summed E-state index contributed by atoms with van der Waals surface area (Å²) in [7, 11) is 3.65. The van der Waals surface area contributed by atoms with Gasteiger partial charge in [0, 0.05) is 39.9 Å². The molecule has 1 aromatic carbocycles. The van der Waals surface area contributed by atoms with E-state index in [1.807, 2.05) is 18.1 Å². The second-order valence-electron chi connectivity index (χ2n) is 7.94. The number of halogens is 1. The second kappa shape index (κ2) is 10.9. The fraction of sp³-hybridized carbons (Fsp3) is 0.500. The molecular weight excluding hydrogens is 505 g/mol. The van der Waals surface area contributed by atoms with Crippen LogP contribution in [-0.4, -0.2) is 77.8 Å². The molecule has 2 aliphatic heterocycles. The molecule has 8 nitrogen and oxygen atoms in total. The van der Waals surface area contributed by atoms with Gasteiger partial charge in [-0.1, -0.05) is 30.3 Å². The molecule has 1 unspecified atom stereocenters. The molecule has 168 valence electrons. The van der Waals surface area contributed by atoms with Crippen molar-refractivity contribution in [3.05, 3.63) is 48.3 Å². The average molecular weight is 537 g/mol. The van der Waals surface area contributed by atoms with E-state index in [4.69, 9.17) is 0 Å². The van der Waals surface area contributed by atoms with E-state index in [1.165, 1.54) is 18.4 Å². The van der Waals surface area contributed by atoms with Crippen molar-refractivity contribution in [1.29, 1.82) is 0 Å². The molecule has 31 heavy (non-hydrogen) atoms. The highest BCUT2D eigenvalue weighted by Crippen LogP contribution is 2.24. The van der Waals surface area contributed by atoms with Crippen molar-refractivity contribution in [2.75, 3.05) is 51.2 Å². The predicted octanol–water partition coefficient (Wildman–Crippen LogP) is 2.10. The molecule has 2 saturated heterocycles. The van der Waals surface area contributed by atoms with Crippen LogP contribution in [0.15, 0.2) is 47.7 Å². The fourth-order valence-electron chi connectivity index (χ4n) is 4.38. The number of guanidine groups is 1. The number of amides is 1. The number of benzene rings is 1. The third kappa shape index (κ3) is 5.57. The molecule has 2 fully saturated rings. The van der Waals surface area contributed by atoms with Gasteiger partial charge in [-0.15, -0.1) is 24.0 Å². The lowest BCUT2D eigenvalue weighted by molar-refractivity contribution is -0.120. The number of aromatic nitrogens is 2. The lowest BCUT2D eigenvalue weighted by Crippen LogP contribution is -2.56. The summed E-state index contributed by atoms with van der Waals surface area (Å²) in [6.07, 6.45) is 6.12. The van der Waals surface area contributed by atoms with Crippen molar-refractivity contribution in [3.8, 4) is 0 Å². The summed E-state index contributed by atoms with van der Waals surface area (Å²) >= 11 is 0. The van der Waals surface area contributed by atoms with Gasteiger partial charge in [-0.3, -0.25) is 19.4 Å². The number of likely N-dealkylation sites (tertiary alicyclic amines) is 1. The lowest BCUT2D eigenvalue weighted by Gasteiger charge is -2.36. The Morgan fingerprint density at radius 1 is 1.16 bits per heavy atom. The van der Waals surface area contributed by atoms with E-state index in [-0.39, 0.29) is 29.9 Å². The number of carbonyl (C=O) groups excluding carboxylic acids is 1. The van der Waals surface area contributed by atoms with Gasteiger partial charge < -0.3 is 15.1 Å². The monoisotopic (exact) mass is 537 g/mol. The van der Waals surface area contributed by atoms with Gasteiger partial charge in [0.15, 0.2) is 5.96 Å². The normalized spacial score (nSPS) is 18.8. The van der Waals surface area contributed by atoms with Crippen molar-refractivity contribution in [3.63, 3.8) is 0 Å². The van der Waals surface area contributed by atoms with Crippen molar-refractivity contribution in [2.45, 2.75) is 18.9 Å². The average Bonchev–Trinajstić information content (AvgIpc) is 3.44. The van der Waals surface area contributed by atoms with E-state index >= 15 is 0 Å². The van der Waals surface area contributed by atoms with Gasteiger partial charge in [-0.05, 0) is 31.5 Å². The Morgan fingerprint density at radius 3 is 2.52 bits per heavy atom. The number of aliphatic imine (C=N–C) groups is 1. The quantitative estimate of drug-likeness (QED) is 0.360. The minimum Gasteiger partial charge on any atom is -0.354 e. The van der Waals surface area contributed by atoms with Crippen LogP contribution in [-0.2, 0) is 11.8 Å². The zero-order chi connectivity index (χ0) is 20.9. The summed E-state index contributed by atoms with van der Waals surface area (Å²) in [5, 5.41) is 7.72. The maximum Gasteiger partial charge on any atom is 0.246 e. The molecule has 0 saturated carbocycles. The highest BCUT2D eigenvalue weighted by Gasteiger charge is 2.29. The van der Waals surface area contributed by atoms with Crippen LogP contribution in [0.2, 0.25) is 0 Å². The zero-order valence-corrected chi connectivity index (χ0v) is 20.6. The molecule has 3 heterocycles. The number of hydrogen-bond acceptors (Lipinski definition) is 4. The molecule has 0 bridgehead atoms. The molecule has 0 spiro atoms. The van der Waals surface area contributed by atoms with Crippen molar-refractivity contribution in [2.24, 2.45) is 12.0 Å². The molecule has 1 aromatic heterocycles. The van der Waals surface area contributed by atoms with Gasteiger partial charge in [0.1, 0.15) is 6.54 Å². The van der Waals surface area contributed by atoms with E-state index in [0.717, 1.165) is 37.8 Å². The molecule has 9 heteroatoms. The van der Waals surface area contributed by atoms with E-state index in [1.54, 1.807) is 22.8 Å². The van der Waals surface area contributed by atoms with Crippen LogP contribution >= 0.6 is 24.0 Å². The van der Waals surface area contributed by atoms with E-state index in [9.17, 15) is 4.79 Å². The van der Waals surface area contributed by atoms with Crippen LogP contribution < -0.4 is 10.2 Å². The SMILES string of the molecule is CN=C(NCC(c1ccccc1)N1CCCC1)N1CCN(c2cnn(C)c2)C(=O)C1.I. The number of piperazine rings is 1. The highest BCUT2D eigenvalue weighted by molar-refractivity contribution is 14.0. The standard InChI is InChI=1S/C22H31N7O.HI/c1-23-22(28-12-13-29(21(30)17-28)19-14-25-26(2)16-19)24-15-20(27-10-6-7-11-27)18-8-4-3-5-9-18;/h3-5,8-9,14,16,20H,6-7,10-13,15,17H2,1-2H3,(H,23,24);1H. The number of hydrogen-bond donors (Lipinski definition) is 1. The Kier molecular flexibility index (Phi) is 8.30. The van der Waals surface area contributed by atoms with Crippen molar-refractivity contribution >= 4 is 41.5 Å². The topological polar surface area (TPSA) is 69.0 Å². The zero-order valence-electron chi connectivity index (χ0n) is 18.3. The van der Waals surface area contributed by atoms with Gasteiger partial charge in [0.05, 0.1) is 17.9 Å². The van der Waals surface area contributed by atoms with Crippen LogP contribution in [0.25, 0.3) is 0 Å². The molecular formula is C22H32IN7O. The molecule has 1 N–H and O–H groups in total. The second-order valence-corrected chi connectivity index (χ2v) is 7.94. The van der Waals surface area contributed by atoms with E-state index in [2.05, 4.69) is 50.6 Å². The first-order valence-corrected chi connectivity index (χ1v) is 10.7. The Hall–Kier alpha value is -2.14. The Balaban J connectivity index is 0.00000272. The van der Waals surface area contributed by atoms with Gasteiger partial charge >= 0.3 is 0 Å². The predicted molar refractivity (Wildman–Crippen MR) is 134 cm³/mol. The molecule has 4 rings (SSSR count). The Morgan fingerprint density at radius 2 is 1.90 bits per heavy atom. The molecule has 1 atom stereocenters. The summed E-state index contributed by atoms with van der Waals surface area (Å²) in [6.45, 7) is 4.70. The summed E-state index contributed by atoms with van der Waals surface area (Å²) in [5.74, 6) is 0.852.